The molecule has 12 heteroatoms. The lowest BCUT2D eigenvalue weighted by Gasteiger charge is -2.32. The number of alkyl halides is 1. The molecule has 0 amide bonds. The maximum absolute atomic E-state index is 15.9. The van der Waals surface area contributed by atoms with E-state index in [1.807, 2.05) is 13.8 Å². The molecule has 0 saturated heterocycles. The number of nitrogens with one attached hydrogen (secondary N) is 1. The zero-order chi connectivity index (χ0) is 34.1. The minimum atomic E-state index is -0.619. The van der Waals surface area contributed by atoms with Crippen molar-refractivity contribution < 1.29 is 13.2 Å². The van der Waals surface area contributed by atoms with Crippen molar-refractivity contribution in [2.24, 2.45) is 16.5 Å². The van der Waals surface area contributed by atoms with Crippen molar-refractivity contribution in [1.82, 2.24) is 19.4 Å². The van der Waals surface area contributed by atoms with Crippen LogP contribution in [0, 0.1) is 11.6 Å². The fourth-order valence-electron chi connectivity index (χ4n) is 5.90. The molecule has 0 fully saturated rings. The molecule has 2 aromatic carbocycles. The largest absolute Gasteiger partial charge is 0.388 e. The number of aromatic nitrogens is 3. The van der Waals surface area contributed by atoms with E-state index in [1.54, 1.807) is 43.5 Å². The van der Waals surface area contributed by atoms with E-state index in [0.29, 0.717) is 73.5 Å². The highest BCUT2D eigenvalue weighted by molar-refractivity contribution is 6.31. The summed E-state index contributed by atoms with van der Waals surface area (Å²) in [6.07, 6.45) is 6.43. The van der Waals surface area contributed by atoms with E-state index in [-0.39, 0.29) is 28.3 Å². The average molecular weight is 672 g/mol. The van der Waals surface area contributed by atoms with Crippen molar-refractivity contribution in [2.45, 2.75) is 77.8 Å². The standard InChI is InChI=1S/C35H45ClF3N7O/c1-4-8-32(45(15-6-13-37)16-7-14-42-23(3)41)27-12-11-26(20-30(27)38)46-21-25-19-31(43-34(25)44-35(46)47)28-17-24(10-5-9-22(2)40)18-29(36)33(28)39/h11-12,17-22,32H,4-10,13-16,40H2,1-3H3,(H2,41,42)(H,43,44,47). The fraction of sp³-hybridized carbons (Fsp3) is 0.457. The number of nitrogens with two attached hydrogens (primary N) is 2. The number of benzene rings is 2. The third-order valence-electron chi connectivity index (χ3n) is 8.18. The molecule has 0 bridgehead atoms. The Bertz CT molecular complexity index is 1730. The molecule has 254 valence electrons. The first-order chi connectivity index (χ1) is 22.5. The van der Waals surface area contributed by atoms with E-state index in [4.69, 9.17) is 23.1 Å². The molecule has 0 radical (unpaired) electrons. The molecule has 0 spiro atoms. The fourth-order valence-corrected chi connectivity index (χ4v) is 6.14. The predicted octanol–water partition coefficient (Wildman–Crippen LogP) is 7.25. The van der Waals surface area contributed by atoms with Crippen LogP contribution in [0.3, 0.4) is 0 Å². The number of hydrogen-bond donors (Lipinski definition) is 3. The van der Waals surface area contributed by atoms with Gasteiger partial charge in [0.15, 0.2) is 5.82 Å². The van der Waals surface area contributed by atoms with E-state index in [2.05, 4.69) is 19.9 Å². The van der Waals surface area contributed by atoms with Gasteiger partial charge in [-0.15, -0.1) is 0 Å². The number of hydrogen-bond acceptors (Lipinski definition) is 5. The topological polar surface area (TPSA) is 118 Å². The molecule has 5 N–H and O–H groups in total. The maximum atomic E-state index is 15.9. The van der Waals surface area contributed by atoms with Gasteiger partial charge in [-0.05, 0) is 88.3 Å². The Morgan fingerprint density at radius 3 is 2.57 bits per heavy atom. The van der Waals surface area contributed by atoms with E-state index >= 15 is 8.78 Å². The van der Waals surface area contributed by atoms with Gasteiger partial charge < -0.3 is 16.5 Å². The summed E-state index contributed by atoms with van der Waals surface area (Å²) in [5.41, 5.74) is 13.5. The van der Waals surface area contributed by atoms with Gasteiger partial charge in [0.1, 0.15) is 11.5 Å². The molecule has 2 heterocycles. The first kappa shape index (κ1) is 36.2. The molecule has 2 aromatic heterocycles. The number of nitrogens with zero attached hydrogens (tertiary/aromatic N) is 4. The molecule has 0 aliphatic heterocycles. The lowest BCUT2D eigenvalue weighted by molar-refractivity contribution is 0.174. The molecular weight excluding hydrogens is 627 g/mol. The zero-order valence-corrected chi connectivity index (χ0v) is 28.1. The van der Waals surface area contributed by atoms with Gasteiger partial charge in [-0.2, -0.15) is 4.98 Å². The lowest BCUT2D eigenvalue weighted by atomic mass is 9.98. The Morgan fingerprint density at radius 2 is 1.89 bits per heavy atom. The number of aliphatic imine (C=N–C) groups is 1. The molecule has 2 unspecified atom stereocenters. The van der Waals surface area contributed by atoms with Crippen LogP contribution in [-0.2, 0) is 6.42 Å². The summed E-state index contributed by atoms with van der Waals surface area (Å²) in [6, 6.07) is 9.54. The van der Waals surface area contributed by atoms with Gasteiger partial charge in [0.25, 0.3) is 0 Å². The third kappa shape index (κ3) is 9.46. The van der Waals surface area contributed by atoms with Crippen LogP contribution in [0.5, 0.6) is 0 Å². The van der Waals surface area contributed by atoms with Gasteiger partial charge >= 0.3 is 5.69 Å². The summed E-state index contributed by atoms with van der Waals surface area (Å²) < 4.78 is 45.5. The Kier molecular flexibility index (Phi) is 13.0. The normalized spacial score (nSPS) is 13.5. The van der Waals surface area contributed by atoms with Crippen molar-refractivity contribution in [2.75, 3.05) is 26.3 Å². The summed E-state index contributed by atoms with van der Waals surface area (Å²) in [4.78, 5) is 26.7. The molecule has 8 nitrogen and oxygen atoms in total. The molecule has 0 aliphatic carbocycles. The smallest absolute Gasteiger partial charge is 0.354 e. The van der Waals surface area contributed by atoms with E-state index in [1.165, 1.54) is 10.6 Å². The minimum Gasteiger partial charge on any atom is -0.388 e. The van der Waals surface area contributed by atoms with Crippen LogP contribution in [0.15, 0.2) is 52.4 Å². The van der Waals surface area contributed by atoms with Gasteiger partial charge in [0.2, 0.25) is 0 Å². The second kappa shape index (κ2) is 16.9. The van der Waals surface area contributed by atoms with Gasteiger partial charge in [-0.3, -0.25) is 18.8 Å². The van der Waals surface area contributed by atoms with Crippen molar-refractivity contribution in [3.8, 4) is 16.9 Å². The molecule has 2 atom stereocenters. The van der Waals surface area contributed by atoms with Gasteiger partial charge in [-0.25, -0.2) is 13.6 Å². The average Bonchev–Trinajstić information content (AvgIpc) is 3.43. The molecule has 0 saturated carbocycles. The Balaban J connectivity index is 1.64. The molecule has 47 heavy (non-hydrogen) atoms. The summed E-state index contributed by atoms with van der Waals surface area (Å²) in [7, 11) is 0. The zero-order valence-electron chi connectivity index (χ0n) is 27.3. The molecule has 0 aliphatic rings. The second-order valence-electron chi connectivity index (χ2n) is 12.2. The van der Waals surface area contributed by atoms with Crippen molar-refractivity contribution in [3.63, 3.8) is 0 Å². The molecular formula is C35H45ClF3N7O. The van der Waals surface area contributed by atoms with Crippen LogP contribution in [0.1, 0.15) is 76.5 Å². The van der Waals surface area contributed by atoms with E-state index in [0.717, 1.165) is 24.8 Å². The highest BCUT2D eigenvalue weighted by Gasteiger charge is 2.23. The van der Waals surface area contributed by atoms with Crippen molar-refractivity contribution in [1.29, 1.82) is 0 Å². The third-order valence-corrected chi connectivity index (χ3v) is 8.45. The number of aryl methyl sites for hydroxylation is 1. The lowest BCUT2D eigenvalue weighted by Crippen LogP contribution is -2.32. The number of fused-ring (bicyclic) bond motifs is 1. The summed E-state index contributed by atoms with van der Waals surface area (Å²) in [5, 5.41) is 0.544. The van der Waals surface area contributed by atoms with Crippen LogP contribution in [0.2, 0.25) is 5.02 Å². The van der Waals surface area contributed by atoms with Gasteiger partial charge in [0, 0.05) is 54.4 Å². The summed E-state index contributed by atoms with van der Waals surface area (Å²) in [5.74, 6) is -0.548. The maximum Gasteiger partial charge on any atom is 0.354 e. The Morgan fingerprint density at radius 1 is 1.13 bits per heavy atom. The predicted molar refractivity (Wildman–Crippen MR) is 185 cm³/mol. The van der Waals surface area contributed by atoms with Crippen molar-refractivity contribution in [3.05, 3.63) is 80.9 Å². The van der Waals surface area contributed by atoms with Crippen LogP contribution in [0.25, 0.3) is 28.0 Å². The van der Waals surface area contributed by atoms with Crippen LogP contribution < -0.4 is 17.2 Å². The second-order valence-corrected chi connectivity index (χ2v) is 12.6. The van der Waals surface area contributed by atoms with Crippen LogP contribution >= 0.6 is 11.6 Å². The summed E-state index contributed by atoms with van der Waals surface area (Å²) >= 11 is 6.25. The highest BCUT2D eigenvalue weighted by atomic mass is 35.5. The molecule has 4 aromatic rings. The van der Waals surface area contributed by atoms with Crippen LogP contribution in [-0.4, -0.2) is 57.6 Å². The minimum absolute atomic E-state index is 0.00357. The van der Waals surface area contributed by atoms with Crippen LogP contribution in [0.4, 0.5) is 13.2 Å². The van der Waals surface area contributed by atoms with Gasteiger partial charge in [-0.1, -0.05) is 31.0 Å². The number of rotatable bonds is 17. The Hall–Kier alpha value is -3.67. The first-order valence-electron chi connectivity index (χ1n) is 16.2. The summed E-state index contributed by atoms with van der Waals surface area (Å²) in [6.45, 7) is 6.86. The van der Waals surface area contributed by atoms with Gasteiger partial charge in [0.05, 0.1) is 28.9 Å². The SMILES string of the molecule is CCCC(c1ccc(-n2cc3cc(-c4cc(CCCC(C)N)cc(Cl)c4F)[nH]c3nc2=O)cc1F)N(CCCF)CCCN=C(C)N. The van der Waals surface area contributed by atoms with Crippen molar-refractivity contribution >= 4 is 28.5 Å². The quantitative estimate of drug-likeness (QED) is 0.0621. The van der Waals surface area contributed by atoms with E-state index in [9.17, 15) is 9.18 Å². The number of halogens is 4. The molecule has 4 rings (SSSR count). The first-order valence-corrected chi connectivity index (χ1v) is 16.6. The highest BCUT2D eigenvalue weighted by Crippen LogP contribution is 2.32. The monoisotopic (exact) mass is 671 g/mol. The number of H-pyrrole nitrogens is 1. The number of aromatic amines is 1. The number of amidine groups is 1. The Labute approximate surface area is 279 Å². The van der Waals surface area contributed by atoms with E-state index < -0.39 is 24.0 Å².